The summed E-state index contributed by atoms with van der Waals surface area (Å²) in [6.45, 7) is 3.95. The minimum atomic E-state index is 0.581. The van der Waals surface area contributed by atoms with E-state index in [4.69, 9.17) is 0 Å². The van der Waals surface area contributed by atoms with Crippen LogP contribution in [0.2, 0.25) is 0 Å². The zero-order valence-electron chi connectivity index (χ0n) is 9.29. The number of anilines is 1. The molecule has 0 bridgehead atoms. The van der Waals surface area contributed by atoms with Crippen LogP contribution in [0.25, 0.3) is 0 Å². The Kier molecular flexibility index (Phi) is 3.46. The highest BCUT2D eigenvalue weighted by Crippen LogP contribution is 2.20. The van der Waals surface area contributed by atoms with Gasteiger partial charge in [-0.15, -0.1) is 0 Å². The topological polar surface area (TPSA) is 37.8 Å². The summed E-state index contributed by atoms with van der Waals surface area (Å²) < 4.78 is 0. The zero-order chi connectivity index (χ0) is 10.7. The quantitative estimate of drug-likeness (QED) is 0.835. The Morgan fingerprint density at radius 2 is 2.27 bits per heavy atom. The van der Waals surface area contributed by atoms with Crippen molar-refractivity contribution in [3.8, 4) is 0 Å². The monoisotopic (exact) mass is 223 g/mol. The molecule has 82 valence electrons. The molecule has 1 atom stereocenters. The second kappa shape index (κ2) is 4.84. The molecule has 1 aromatic rings. The highest BCUT2D eigenvalue weighted by Gasteiger charge is 2.13. The molecule has 1 unspecified atom stereocenters. The first kappa shape index (κ1) is 10.7. The molecular formula is C11H17N3S. The van der Waals surface area contributed by atoms with Crippen LogP contribution < -0.4 is 5.32 Å². The molecule has 0 radical (unpaired) electrons. The predicted octanol–water partition coefficient (Wildman–Crippen LogP) is 2.40. The lowest BCUT2D eigenvalue weighted by Gasteiger charge is -2.23. The van der Waals surface area contributed by atoms with E-state index in [1.165, 1.54) is 24.3 Å². The minimum Gasteiger partial charge on any atom is -0.366 e. The summed E-state index contributed by atoms with van der Waals surface area (Å²) in [6, 6.07) is 2.60. The molecular weight excluding hydrogens is 206 g/mol. The molecule has 3 nitrogen and oxygen atoms in total. The molecule has 4 heteroatoms. The van der Waals surface area contributed by atoms with E-state index < -0.39 is 0 Å². The maximum atomic E-state index is 4.40. The van der Waals surface area contributed by atoms with Crippen LogP contribution in [0.5, 0.6) is 0 Å². The number of hydrogen-bond donors (Lipinski definition) is 1. The number of aryl methyl sites for hydroxylation is 2. The Balaban J connectivity index is 2.02. The van der Waals surface area contributed by atoms with E-state index in [1.807, 2.05) is 31.7 Å². The minimum absolute atomic E-state index is 0.581. The molecule has 0 saturated carbocycles. The highest BCUT2D eigenvalue weighted by atomic mass is 32.2. The largest absolute Gasteiger partial charge is 0.366 e. The number of aromatic nitrogens is 2. The molecule has 2 heterocycles. The SMILES string of the molecule is Cc1cc(NC2CCCSC2)nc(C)n1. The van der Waals surface area contributed by atoms with E-state index in [9.17, 15) is 0 Å². The third-order valence-electron chi connectivity index (χ3n) is 2.48. The molecule has 1 saturated heterocycles. The molecule has 2 rings (SSSR count). The maximum Gasteiger partial charge on any atom is 0.130 e. The third-order valence-corrected chi connectivity index (χ3v) is 3.69. The molecule has 1 aliphatic rings. The number of nitrogens with zero attached hydrogens (tertiary/aromatic N) is 2. The lowest BCUT2D eigenvalue weighted by Crippen LogP contribution is -2.26. The summed E-state index contributed by atoms with van der Waals surface area (Å²) in [5, 5.41) is 3.49. The first-order valence-electron chi connectivity index (χ1n) is 5.40. The summed E-state index contributed by atoms with van der Waals surface area (Å²) in [5.74, 6) is 4.33. The average Bonchev–Trinajstić information content (AvgIpc) is 2.17. The van der Waals surface area contributed by atoms with Gasteiger partial charge in [0.2, 0.25) is 0 Å². The first-order valence-corrected chi connectivity index (χ1v) is 6.56. The zero-order valence-corrected chi connectivity index (χ0v) is 10.1. The molecule has 1 aliphatic heterocycles. The van der Waals surface area contributed by atoms with Crippen molar-refractivity contribution < 1.29 is 0 Å². The van der Waals surface area contributed by atoms with E-state index in [-0.39, 0.29) is 0 Å². The standard InChI is InChI=1S/C11H17N3S/c1-8-6-11(13-9(2)12-8)14-10-4-3-5-15-7-10/h6,10H,3-5,7H2,1-2H3,(H,12,13,14). The number of rotatable bonds is 2. The van der Waals surface area contributed by atoms with Gasteiger partial charge in [0.05, 0.1) is 0 Å². The number of hydrogen-bond acceptors (Lipinski definition) is 4. The Bertz CT molecular complexity index is 314. The molecule has 0 amide bonds. The summed E-state index contributed by atoms with van der Waals surface area (Å²) in [7, 11) is 0. The van der Waals surface area contributed by atoms with Crippen LogP contribution in [-0.4, -0.2) is 27.5 Å². The van der Waals surface area contributed by atoms with Crippen molar-refractivity contribution in [3.05, 3.63) is 17.6 Å². The number of nitrogens with one attached hydrogen (secondary N) is 1. The fraction of sp³-hybridized carbons (Fsp3) is 0.636. The highest BCUT2D eigenvalue weighted by molar-refractivity contribution is 7.99. The van der Waals surface area contributed by atoms with Gasteiger partial charge in [0.25, 0.3) is 0 Å². The van der Waals surface area contributed by atoms with Crippen LogP contribution in [0.15, 0.2) is 6.07 Å². The number of thioether (sulfide) groups is 1. The van der Waals surface area contributed by atoms with Gasteiger partial charge in [0.15, 0.2) is 0 Å². The van der Waals surface area contributed by atoms with E-state index in [0.717, 1.165) is 17.3 Å². The van der Waals surface area contributed by atoms with Crippen molar-refractivity contribution in [1.29, 1.82) is 0 Å². The summed E-state index contributed by atoms with van der Waals surface area (Å²) >= 11 is 2.02. The van der Waals surface area contributed by atoms with Gasteiger partial charge in [0, 0.05) is 23.6 Å². The van der Waals surface area contributed by atoms with Gasteiger partial charge in [-0.25, -0.2) is 9.97 Å². The summed E-state index contributed by atoms with van der Waals surface area (Å²) in [4.78, 5) is 8.67. The van der Waals surface area contributed by atoms with Gasteiger partial charge in [-0.2, -0.15) is 11.8 Å². The fourth-order valence-corrected chi connectivity index (χ4v) is 2.93. The Labute approximate surface area is 95.1 Å². The molecule has 15 heavy (non-hydrogen) atoms. The van der Waals surface area contributed by atoms with E-state index in [1.54, 1.807) is 0 Å². The van der Waals surface area contributed by atoms with Crippen LogP contribution in [0.3, 0.4) is 0 Å². The van der Waals surface area contributed by atoms with Crippen molar-refractivity contribution >= 4 is 17.6 Å². The Morgan fingerprint density at radius 3 is 2.93 bits per heavy atom. The van der Waals surface area contributed by atoms with Crippen molar-refractivity contribution in [3.63, 3.8) is 0 Å². The molecule has 0 aliphatic carbocycles. The van der Waals surface area contributed by atoms with Gasteiger partial charge in [-0.3, -0.25) is 0 Å². The third kappa shape index (κ3) is 3.09. The Hall–Kier alpha value is -0.770. The van der Waals surface area contributed by atoms with Crippen molar-refractivity contribution in [2.45, 2.75) is 32.7 Å². The van der Waals surface area contributed by atoms with Crippen LogP contribution in [-0.2, 0) is 0 Å². The predicted molar refractivity (Wildman–Crippen MR) is 65.5 cm³/mol. The van der Waals surface area contributed by atoms with Gasteiger partial charge in [0.1, 0.15) is 11.6 Å². The van der Waals surface area contributed by atoms with Crippen molar-refractivity contribution in [1.82, 2.24) is 9.97 Å². The van der Waals surface area contributed by atoms with Gasteiger partial charge in [-0.05, 0) is 32.4 Å². The molecule has 1 N–H and O–H groups in total. The van der Waals surface area contributed by atoms with Gasteiger partial charge < -0.3 is 5.32 Å². The lowest BCUT2D eigenvalue weighted by atomic mass is 10.2. The molecule has 0 aromatic carbocycles. The van der Waals surface area contributed by atoms with Crippen LogP contribution in [0.1, 0.15) is 24.4 Å². The molecule has 1 aromatic heterocycles. The second-order valence-corrected chi connectivity index (χ2v) is 5.15. The van der Waals surface area contributed by atoms with E-state index in [0.29, 0.717) is 6.04 Å². The second-order valence-electron chi connectivity index (χ2n) is 4.00. The fourth-order valence-electron chi connectivity index (χ4n) is 1.85. The van der Waals surface area contributed by atoms with E-state index in [2.05, 4.69) is 15.3 Å². The van der Waals surface area contributed by atoms with Crippen molar-refractivity contribution in [2.75, 3.05) is 16.8 Å². The maximum absolute atomic E-state index is 4.40. The van der Waals surface area contributed by atoms with Gasteiger partial charge >= 0.3 is 0 Å². The lowest BCUT2D eigenvalue weighted by molar-refractivity contribution is 0.681. The summed E-state index contributed by atoms with van der Waals surface area (Å²) in [5.41, 5.74) is 1.04. The molecule has 1 fully saturated rings. The smallest absolute Gasteiger partial charge is 0.130 e. The first-order chi connectivity index (χ1) is 7.24. The normalized spacial score (nSPS) is 21.3. The van der Waals surface area contributed by atoms with Crippen molar-refractivity contribution in [2.24, 2.45) is 0 Å². The average molecular weight is 223 g/mol. The van der Waals surface area contributed by atoms with Gasteiger partial charge in [-0.1, -0.05) is 0 Å². The van der Waals surface area contributed by atoms with E-state index >= 15 is 0 Å². The van der Waals surface area contributed by atoms with Crippen LogP contribution in [0.4, 0.5) is 5.82 Å². The van der Waals surface area contributed by atoms with Crippen LogP contribution in [0, 0.1) is 13.8 Å². The Morgan fingerprint density at radius 1 is 1.40 bits per heavy atom. The molecule has 0 spiro atoms. The van der Waals surface area contributed by atoms with Crippen LogP contribution >= 0.6 is 11.8 Å². The summed E-state index contributed by atoms with van der Waals surface area (Å²) in [6.07, 6.45) is 2.57.